The van der Waals surface area contributed by atoms with Crippen LogP contribution in [0.5, 0.6) is 0 Å². The van der Waals surface area contributed by atoms with Crippen molar-refractivity contribution < 1.29 is 22.3 Å². The second-order valence-corrected chi connectivity index (χ2v) is 9.50. The number of ether oxygens (including phenoxy) is 1. The highest BCUT2D eigenvalue weighted by Crippen LogP contribution is 2.44. The van der Waals surface area contributed by atoms with Crippen molar-refractivity contribution in [2.75, 3.05) is 11.8 Å². The number of thiazole rings is 1. The molecule has 4 rings (SSSR count). The zero-order valence-corrected chi connectivity index (χ0v) is 17.9. The van der Waals surface area contributed by atoms with Crippen LogP contribution in [-0.2, 0) is 14.8 Å². The van der Waals surface area contributed by atoms with E-state index >= 15 is 0 Å². The standard InChI is InChI=1S/C21H16FN3O4S2/c1-29-21(26)13-4-5-15(12-2-3-12)19(9-13)31(27,28)25-18-8-14(11-23)17(22)10-16(18)20-24-6-7-30-20/h4-10,12,25H,2-3H2,1H3. The van der Waals surface area contributed by atoms with E-state index in [1.165, 1.54) is 36.8 Å². The van der Waals surface area contributed by atoms with E-state index in [0.29, 0.717) is 10.6 Å². The third kappa shape index (κ3) is 4.15. The maximum Gasteiger partial charge on any atom is 0.337 e. The van der Waals surface area contributed by atoms with Gasteiger partial charge in [0.2, 0.25) is 0 Å². The van der Waals surface area contributed by atoms with Gasteiger partial charge in [-0.1, -0.05) is 6.07 Å². The van der Waals surface area contributed by atoms with Gasteiger partial charge in [-0.3, -0.25) is 4.72 Å². The second-order valence-electron chi connectivity index (χ2n) is 6.95. The van der Waals surface area contributed by atoms with Gasteiger partial charge in [-0.25, -0.2) is 22.6 Å². The number of sulfonamides is 1. The molecule has 158 valence electrons. The maximum absolute atomic E-state index is 14.3. The molecule has 31 heavy (non-hydrogen) atoms. The Morgan fingerprint density at radius 2 is 2.10 bits per heavy atom. The molecule has 3 aromatic rings. The van der Waals surface area contributed by atoms with Crippen LogP contribution in [0.3, 0.4) is 0 Å². The number of methoxy groups -OCH3 is 1. The number of aromatic nitrogens is 1. The van der Waals surface area contributed by atoms with Crippen LogP contribution in [0.25, 0.3) is 10.6 Å². The number of hydrogen-bond acceptors (Lipinski definition) is 7. The van der Waals surface area contributed by atoms with Gasteiger partial charge in [-0.2, -0.15) is 5.26 Å². The number of carbonyl (C=O) groups is 1. The quantitative estimate of drug-likeness (QED) is 0.553. The number of rotatable bonds is 6. The molecule has 1 fully saturated rings. The van der Waals surface area contributed by atoms with Gasteiger partial charge in [0, 0.05) is 17.1 Å². The highest BCUT2D eigenvalue weighted by molar-refractivity contribution is 7.92. The molecule has 1 aromatic heterocycles. The lowest BCUT2D eigenvalue weighted by Crippen LogP contribution is -2.17. The summed E-state index contributed by atoms with van der Waals surface area (Å²) in [6.45, 7) is 0. The van der Waals surface area contributed by atoms with Crippen LogP contribution in [0.4, 0.5) is 10.1 Å². The number of nitrogens with zero attached hydrogens (tertiary/aromatic N) is 2. The molecule has 1 saturated carbocycles. The molecule has 0 bridgehead atoms. The number of esters is 1. The molecule has 0 saturated heterocycles. The van der Waals surface area contributed by atoms with Crippen molar-refractivity contribution in [1.82, 2.24) is 4.98 Å². The molecule has 0 unspecified atom stereocenters. The SMILES string of the molecule is COC(=O)c1ccc(C2CC2)c(S(=O)(=O)Nc2cc(C#N)c(F)cc2-c2nccs2)c1. The summed E-state index contributed by atoms with van der Waals surface area (Å²) in [6, 6.07) is 8.37. The maximum atomic E-state index is 14.3. The normalized spacial score (nSPS) is 13.5. The van der Waals surface area contributed by atoms with Gasteiger partial charge in [0.1, 0.15) is 16.9 Å². The Kier molecular flexibility index (Phi) is 5.47. The highest BCUT2D eigenvalue weighted by Gasteiger charge is 2.32. The zero-order valence-electron chi connectivity index (χ0n) is 16.3. The molecule has 1 N–H and O–H groups in total. The minimum absolute atomic E-state index is 0.0260. The third-order valence-electron chi connectivity index (χ3n) is 4.88. The fourth-order valence-electron chi connectivity index (χ4n) is 3.22. The molecular formula is C21H16FN3O4S2. The Morgan fingerprint density at radius 3 is 2.71 bits per heavy atom. The molecule has 0 aliphatic heterocycles. The van der Waals surface area contributed by atoms with Crippen LogP contribution in [-0.4, -0.2) is 26.5 Å². The molecule has 0 radical (unpaired) electrons. The summed E-state index contributed by atoms with van der Waals surface area (Å²) >= 11 is 1.20. The van der Waals surface area contributed by atoms with Crippen molar-refractivity contribution in [1.29, 1.82) is 5.26 Å². The molecule has 0 amide bonds. The van der Waals surface area contributed by atoms with E-state index < -0.39 is 21.8 Å². The Morgan fingerprint density at radius 1 is 1.32 bits per heavy atom. The molecule has 0 atom stereocenters. The fourth-order valence-corrected chi connectivity index (χ4v) is 5.28. The predicted octanol–water partition coefficient (Wildman–Crippen LogP) is 4.29. The minimum atomic E-state index is -4.18. The van der Waals surface area contributed by atoms with Crippen LogP contribution in [0.2, 0.25) is 0 Å². The van der Waals surface area contributed by atoms with Crippen molar-refractivity contribution in [3.63, 3.8) is 0 Å². The molecule has 1 aliphatic rings. The van der Waals surface area contributed by atoms with E-state index in [2.05, 4.69) is 9.71 Å². The molecule has 1 aliphatic carbocycles. The molecule has 2 aromatic carbocycles. The highest BCUT2D eigenvalue weighted by atomic mass is 32.2. The average molecular weight is 458 g/mol. The largest absolute Gasteiger partial charge is 0.465 e. The summed E-state index contributed by atoms with van der Waals surface area (Å²) in [5.41, 5.74) is 0.636. The Balaban J connectivity index is 1.83. The summed E-state index contributed by atoms with van der Waals surface area (Å²) in [7, 11) is -2.96. The fraction of sp³-hybridized carbons (Fsp3) is 0.190. The minimum Gasteiger partial charge on any atom is -0.465 e. The first-order chi connectivity index (χ1) is 14.8. The van der Waals surface area contributed by atoms with Crippen LogP contribution in [0.1, 0.15) is 40.2 Å². The monoisotopic (exact) mass is 457 g/mol. The summed E-state index contributed by atoms with van der Waals surface area (Å²) in [4.78, 5) is 16.0. The second kappa shape index (κ2) is 8.09. The lowest BCUT2D eigenvalue weighted by molar-refractivity contribution is 0.0600. The number of carbonyl (C=O) groups excluding carboxylic acids is 1. The molecule has 10 heteroatoms. The van der Waals surface area contributed by atoms with Crippen LogP contribution < -0.4 is 4.72 Å². The van der Waals surface area contributed by atoms with Gasteiger partial charge in [0.15, 0.2) is 0 Å². The van der Waals surface area contributed by atoms with Crippen molar-refractivity contribution in [2.24, 2.45) is 0 Å². The topological polar surface area (TPSA) is 109 Å². The van der Waals surface area contributed by atoms with Gasteiger partial charge < -0.3 is 4.74 Å². The Hall–Kier alpha value is -3.29. The van der Waals surface area contributed by atoms with Crippen molar-refractivity contribution in [3.05, 3.63) is 64.4 Å². The summed E-state index contributed by atoms with van der Waals surface area (Å²) in [5, 5.41) is 11.3. The summed E-state index contributed by atoms with van der Waals surface area (Å²) in [6.07, 6.45) is 3.21. The molecule has 1 heterocycles. The first-order valence-corrected chi connectivity index (χ1v) is 11.6. The predicted molar refractivity (Wildman–Crippen MR) is 113 cm³/mol. The van der Waals surface area contributed by atoms with Gasteiger partial charge in [0.05, 0.1) is 28.8 Å². The first kappa shape index (κ1) is 21.0. The van der Waals surface area contributed by atoms with E-state index in [1.807, 2.05) is 0 Å². The number of nitrogens with one attached hydrogen (secondary N) is 1. The van der Waals surface area contributed by atoms with E-state index in [-0.39, 0.29) is 33.2 Å². The lowest BCUT2D eigenvalue weighted by atomic mass is 10.1. The number of nitriles is 1. The van der Waals surface area contributed by atoms with Crippen LogP contribution in [0.15, 0.2) is 46.8 Å². The van der Waals surface area contributed by atoms with Crippen LogP contribution in [0, 0.1) is 17.1 Å². The number of anilines is 1. The van der Waals surface area contributed by atoms with Gasteiger partial charge in [0.25, 0.3) is 10.0 Å². The average Bonchev–Trinajstić information content (AvgIpc) is 3.47. The number of hydrogen-bond donors (Lipinski definition) is 1. The summed E-state index contributed by atoms with van der Waals surface area (Å²) < 4.78 is 48.2. The van der Waals surface area contributed by atoms with Crippen LogP contribution >= 0.6 is 11.3 Å². The van der Waals surface area contributed by atoms with Crippen molar-refractivity contribution in [3.8, 4) is 16.6 Å². The summed E-state index contributed by atoms with van der Waals surface area (Å²) in [5.74, 6) is -1.35. The van der Waals surface area contributed by atoms with E-state index in [0.717, 1.165) is 25.0 Å². The van der Waals surface area contributed by atoms with Gasteiger partial charge in [-0.15, -0.1) is 11.3 Å². The lowest BCUT2D eigenvalue weighted by Gasteiger charge is -2.15. The molecular weight excluding hydrogens is 441 g/mol. The van der Waals surface area contributed by atoms with E-state index in [1.54, 1.807) is 17.5 Å². The van der Waals surface area contributed by atoms with Crippen molar-refractivity contribution >= 4 is 33.0 Å². The number of benzene rings is 2. The smallest absolute Gasteiger partial charge is 0.337 e. The third-order valence-corrected chi connectivity index (χ3v) is 7.10. The zero-order chi connectivity index (χ0) is 22.2. The molecule has 0 spiro atoms. The van der Waals surface area contributed by atoms with E-state index in [4.69, 9.17) is 4.74 Å². The Labute approximate surface area is 182 Å². The van der Waals surface area contributed by atoms with E-state index in [9.17, 15) is 22.9 Å². The molecule has 7 nitrogen and oxygen atoms in total. The number of halogens is 1. The Bertz CT molecular complexity index is 1310. The first-order valence-electron chi connectivity index (χ1n) is 9.22. The van der Waals surface area contributed by atoms with Crippen molar-refractivity contribution in [2.45, 2.75) is 23.7 Å². The van der Waals surface area contributed by atoms with Gasteiger partial charge >= 0.3 is 5.97 Å². The van der Waals surface area contributed by atoms with Gasteiger partial charge in [-0.05, 0) is 48.6 Å².